The average molecular weight is 209 g/mol. The molecule has 84 valence electrons. The first kappa shape index (κ1) is 11.8. The van der Waals surface area contributed by atoms with E-state index >= 15 is 0 Å². The van der Waals surface area contributed by atoms with Gasteiger partial charge in [-0.15, -0.1) is 0 Å². The van der Waals surface area contributed by atoms with Crippen molar-refractivity contribution in [3.05, 3.63) is 22.8 Å². The van der Waals surface area contributed by atoms with Crippen molar-refractivity contribution < 1.29 is 4.74 Å². The lowest BCUT2D eigenvalue weighted by Gasteiger charge is -2.17. The van der Waals surface area contributed by atoms with E-state index in [0.717, 1.165) is 22.6 Å². The molecule has 0 heterocycles. The number of ether oxygens (including phenoxy) is 1. The van der Waals surface area contributed by atoms with E-state index in [0.29, 0.717) is 6.67 Å². The molecule has 1 rings (SSSR count). The zero-order chi connectivity index (χ0) is 11.4. The van der Waals surface area contributed by atoms with Crippen molar-refractivity contribution >= 4 is 5.69 Å². The summed E-state index contributed by atoms with van der Waals surface area (Å²) in [6, 6.07) is 2.14. The number of rotatable bonds is 4. The maximum Gasteiger partial charge on any atom is 0.145 e. The first-order valence-corrected chi connectivity index (χ1v) is 4.94. The van der Waals surface area contributed by atoms with Crippen LogP contribution in [0.5, 0.6) is 5.75 Å². The third-order valence-corrected chi connectivity index (χ3v) is 2.56. The molecule has 0 aliphatic carbocycles. The van der Waals surface area contributed by atoms with Crippen LogP contribution in [0.3, 0.4) is 0 Å². The maximum atomic E-state index is 5.40. The molecule has 1 aromatic carbocycles. The minimum atomic E-state index is 0.514. The summed E-state index contributed by atoms with van der Waals surface area (Å²) < 4.78 is 5.40. The summed E-state index contributed by atoms with van der Waals surface area (Å²) in [6.07, 6.45) is 0. The number of nitrogens with two attached hydrogens (primary N) is 1. The molecule has 1 aromatic rings. The van der Waals surface area contributed by atoms with Crippen LogP contribution in [0, 0.1) is 20.8 Å². The highest BCUT2D eigenvalue weighted by Crippen LogP contribution is 2.33. The second-order valence-corrected chi connectivity index (χ2v) is 3.60. The molecule has 4 heteroatoms. The van der Waals surface area contributed by atoms with Gasteiger partial charge >= 0.3 is 0 Å². The van der Waals surface area contributed by atoms with E-state index in [9.17, 15) is 0 Å². The quantitative estimate of drug-likeness (QED) is 0.399. The van der Waals surface area contributed by atoms with Crippen LogP contribution < -0.4 is 21.3 Å². The van der Waals surface area contributed by atoms with Crippen molar-refractivity contribution in [2.24, 2.45) is 5.84 Å². The average Bonchev–Trinajstić information content (AvgIpc) is 2.21. The summed E-state index contributed by atoms with van der Waals surface area (Å²) in [4.78, 5) is 0. The Balaban J connectivity index is 3.16. The summed E-state index contributed by atoms with van der Waals surface area (Å²) >= 11 is 0. The summed E-state index contributed by atoms with van der Waals surface area (Å²) in [5.41, 5.74) is 7.11. The highest BCUT2D eigenvalue weighted by Gasteiger charge is 2.11. The minimum absolute atomic E-state index is 0.514. The van der Waals surface area contributed by atoms with Gasteiger partial charge in [0.25, 0.3) is 0 Å². The van der Waals surface area contributed by atoms with Gasteiger partial charge in [0.05, 0.1) is 19.5 Å². The number of anilines is 1. The monoisotopic (exact) mass is 209 g/mol. The second kappa shape index (κ2) is 5.00. The molecule has 0 aliphatic heterocycles. The molecule has 0 saturated carbocycles. The molecule has 0 bridgehead atoms. The molecule has 0 radical (unpaired) electrons. The Hall–Kier alpha value is -1.26. The van der Waals surface area contributed by atoms with Gasteiger partial charge in [-0.05, 0) is 37.5 Å². The van der Waals surface area contributed by atoms with Crippen LogP contribution in [0.15, 0.2) is 6.07 Å². The topological polar surface area (TPSA) is 59.3 Å². The van der Waals surface area contributed by atoms with Crippen molar-refractivity contribution in [2.75, 3.05) is 19.1 Å². The number of hydrogen-bond acceptors (Lipinski definition) is 4. The van der Waals surface area contributed by atoms with Gasteiger partial charge in [-0.1, -0.05) is 6.07 Å². The van der Waals surface area contributed by atoms with Crippen molar-refractivity contribution in [1.82, 2.24) is 5.43 Å². The molecule has 0 aromatic heterocycles. The lowest BCUT2D eigenvalue weighted by Crippen LogP contribution is -2.28. The minimum Gasteiger partial charge on any atom is -0.494 e. The molecular weight excluding hydrogens is 190 g/mol. The van der Waals surface area contributed by atoms with Crippen molar-refractivity contribution in [3.8, 4) is 5.75 Å². The van der Waals surface area contributed by atoms with E-state index < -0.39 is 0 Å². The highest BCUT2D eigenvalue weighted by atomic mass is 16.5. The lowest BCUT2D eigenvalue weighted by atomic mass is 10.0. The van der Waals surface area contributed by atoms with Crippen LogP contribution in [0.4, 0.5) is 5.69 Å². The molecule has 0 atom stereocenters. The van der Waals surface area contributed by atoms with Crippen molar-refractivity contribution in [3.63, 3.8) is 0 Å². The van der Waals surface area contributed by atoms with Crippen LogP contribution >= 0.6 is 0 Å². The third kappa shape index (κ3) is 2.40. The number of benzene rings is 1. The van der Waals surface area contributed by atoms with Gasteiger partial charge in [-0.3, -0.25) is 5.84 Å². The number of nitrogens with one attached hydrogen (secondary N) is 2. The predicted octanol–water partition coefficient (Wildman–Crippen LogP) is 1.45. The van der Waals surface area contributed by atoms with Gasteiger partial charge in [0.2, 0.25) is 0 Å². The number of hydrogen-bond donors (Lipinski definition) is 3. The molecule has 0 saturated heterocycles. The number of aryl methyl sites for hydroxylation is 2. The first-order valence-electron chi connectivity index (χ1n) is 4.94. The predicted molar refractivity (Wildman–Crippen MR) is 63.0 cm³/mol. The molecular formula is C11H19N3O. The summed E-state index contributed by atoms with van der Waals surface area (Å²) in [5.74, 6) is 6.12. The fourth-order valence-electron chi connectivity index (χ4n) is 1.67. The third-order valence-electron chi connectivity index (χ3n) is 2.56. The van der Waals surface area contributed by atoms with Crippen LogP contribution in [0.1, 0.15) is 16.7 Å². The Morgan fingerprint density at radius 1 is 1.27 bits per heavy atom. The molecule has 15 heavy (non-hydrogen) atoms. The SMILES string of the molecule is COc1c(C)c(C)cc(C)c1NCNN. The fraction of sp³-hybridized carbons (Fsp3) is 0.455. The van der Waals surface area contributed by atoms with Gasteiger partial charge in [-0.25, -0.2) is 5.43 Å². The smallest absolute Gasteiger partial charge is 0.145 e. The fourth-order valence-corrected chi connectivity index (χ4v) is 1.67. The van der Waals surface area contributed by atoms with Gasteiger partial charge in [0, 0.05) is 0 Å². The van der Waals surface area contributed by atoms with Gasteiger partial charge in [0.15, 0.2) is 0 Å². The Kier molecular flexibility index (Phi) is 3.94. The normalized spacial score (nSPS) is 10.2. The number of methoxy groups -OCH3 is 1. The largest absolute Gasteiger partial charge is 0.494 e. The standard InChI is InChI=1S/C11H19N3O/c1-7-5-8(2)10(13-6-14-12)11(15-4)9(7)3/h5,13-14H,6,12H2,1-4H3. The molecule has 0 spiro atoms. The molecule has 4 N–H and O–H groups in total. The van der Waals surface area contributed by atoms with Crippen LogP contribution in [0.2, 0.25) is 0 Å². The zero-order valence-corrected chi connectivity index (χ0v) is 9.77. The van der Waals surface area contributed by atoms with Crippen molar-refractivity contribution in [2.45, 2.75) is 20.8 Å². The van der Waals surface area contributed by atoms with Gasteiger partial charge < -0.3 is 10.1 Å². The van der Waals surface area contributed by atoms with Crippen molar-refractivity contribution in [1.29, 1.82) is 0 Å². The van der Waals surface area contributed by atoms with Crippen LogP contribution in [-0.4, -0.2) is 13.8 Å². The van der Waals surface area contributed by atoms with E-state index in [1.807, 2.05) is 6.92 Å². The zero-order valence-electron chi connectivity index (χ0n) is 9.77. The van der Waals surface area contributed by atoms with Crippen LogP contribution in [0.25, 0.3) is 0 Å². The van der Waals surface area contributed by atoms with E-state index in [1.54, 1.807) is 7.11 Å². The maximum absolute atomic E-state index is 5.40. The molecule has 0 amide bonds. The van der Waals surface area contributed by atoms with Gasteiger partial charge in [0.1, 0.15) is 5.75 Å². The van der Waals surface area contributed by atoms with Crippen LogP contribution in [-0.2, 0) is 0 Å². The Morgan fingerprint density at radius 3 is 2.47 bits per heavy atom. The Labute approximate surface area is 90.8 Å². The van der Waals surface area contributed by atoms with E-state index in [-0.39, 0.29) is 0 Å². The van der Waals surface area contributed by atoms with Gasteiger partial charge in [-0.2, -0.15) is 0 Å². The van der Waals surface area contributed by atoms with E-state index in [4.69, 9.17) is 10.6 Å². The summed E-state index contributed by atoms with van der Waals surface area (Å²) in [7, 11) is 1.68. The highest BCUT2D eigenvalue weighted by molar-refractivity contribution is 5.66. The number of hydrazine groups is 1. The molecule has 0 unspecified atom stereocenters. The Morgan fingerprint density at radius 2 is 1.93 bits per heavy atom. The molecule has 4 nitrogen and oxygen atoms in total. The Bertz CT molecular complexity index is 350. The van der Waals surface area contributed by atoms with E-state index in [2.05, 4.69) is 30.7 Å². The summed E-state index contributed by atoms with van der Waals surface area (Å²) in [5, 5.41) is 3.19. The first-order chi connectivity index (χ1) is 7.11. The molecule has 0 fully saturated rings. The second-order valence-electron chi connectivity index (χ2n) is 3.60. The molecule has 0 aliphatic rings. The van der Waals surface area contributed by atoms with E-state index in [1.165, 1.54) is 5.56 Å². The lowest BCUT2D eigenvalue weighted by molar-refractivity contribution is 0.412. The summed E-state index contributed by atoms with van der Waals surface area (Å²) in [6.45, 7) is 6.69.